The quantitative estimate of drug-likeness (QED) is 0.317. The summed E-state index contributed by atoms with van der Waals surface area (Å²) in [7, 11) is 0. The number of fused-ring (bicyclic) bond motifs is 1. The molecular formula is C20H12Cl2N4O2. The summed E-state index contributed by atoms with van der Waals surface area (Å²) in [5.41, 5.74) is 2.16. The van der Waals surface area contributed by atoms with Crippen LogP contribution >= 0.6 is 23.2 Å². The van der Waals surface area contributed by atoms with Gasteiger partial charge in [0, 0.05) is 28.8 Å². The molecule has 0 saturated carbocycles. The van der Waals surface area contributed by atoms with Crippen molar-refractivity contribution in [2.24, 2.45) is 0 Å². The number of hydrogen-bond donors (Lipinski definition) is 1. The van der Waals surface area contributed by atoms with Crippen molar-refractivity contribution in [3.05, 3.63) is 86.9 Å². The van der Waals surface area contributed by atoms with E-state index in [1.165, 1.54) is 12.1 Å². The lowest BCUT2D eigenvalue weighted by Crippen LogP contribution is -1.99. The van der Waals surface area contributed by atoms with Crippen LogP contribution in [0.1, 0.15) is 0 Å². The van der Waals surface area contributed by atoms with Crippen molar-refractivity contribution in [2.75, 3.05) is 5.32 Å². The van der Waals surface area contributed by atoms with Gasteiger partial charge in [-0.05, 0) is 42.5 Å². The van der Waals surface area contributed by atoms with Crippen LogP contribution < -0.4 is 5.32 Å². The highest BCUT2D eigenvalue weighted by Gasteiger charge is 2.12. The molecule has 0 aliphatic rings. The summed E-state index contributed by atoms with van der Waals surface area (Å²) in [4.78, 5) is 19.6. The molecule has 0 saturated heterocycles. The van der Waals surface area contributed by atoms with Gasteiger partial charge in [0.05, 0.1) is 20.5 Å². The number of nitro benzene ring substituents is 1. The number of nitrogens with zero attached hydrogens (tertiary/aromatic N) is 3. The predicted molar refractivity (Wildman–Crippen MR) is 111 cm³/mol. The molecule has 0 atom stereocenters. The van der Waals surface area contributed by atoms with E-state index in [9.17, 15) is 10.1 Å². The number of rotatable bonds is 4. The minimum Gasteiger partial charge on any atom is -0.340 e. The van der Waals surface area contributed by atoms with Gasteiger partial charge >= 0.3 is 0 Å². The SMILES string of the molecule is O=[N+]([O-])c1ccc(-c2nc(Nc3ccc(Cl)c(Cl)c3)c3ccccc3n2)cc1. The molecule has 1 N–H and O–H groups in total. The van der Waals surface area contributed by atoms with Crippen LogP contribution in [0.2, 0.25) is 10.0 Å². The van der Waals surface area contributed by atoms with E-state index in [1.807, 2.05) is 24.3 Å². The number of nitrogens with one attached hydrogen (secondary N) is 1. The van der Waals surface area contributed by atoms with Crippen LogP contribution in [-0.4, -0.2) is 14.9 Å². The van der Waals surface area contributed by atoms with Crippen molar-refractivity contribution in [1.82, 2.24) is 9.97 Å². The Morgan fingerprint density at radius 3 is 2.36 bits per heavy atom. The number of non-ortho nitro benzene ring substituents is 1. The largest absolute Gasteiger partial charge is 0.340 e. The number of hydrogen-bond acceptors (Lipinski definition) is 5. The number of halogens is 2. The van der Waals surface area contributed by atoms with Crippen LogP contribution in [-0.2, 0) is 0 Å². The maximum absolute atomic E-state index is 10.9. The summed E-state index contributed by atoms with van der Waals surface area (Å²) < 4.78 is 0. The maximum Gasteiger partial charge on any atom is 0.269 e. The highest BCUT2D eigenvalue weighted by Crippen LogP contribution is 2.30. The van der Waals surface area contributed by atoms with Gasteiger partial charge in [0.25, 0.3) is 5.69 Å². The van der Waals surface area contributed by atoms with Crippen LogP contribution in [0.5, 0.6) is 0 Å². The fraction of sp³-hybridized carbons (Fsp3) is 0. The second-order valence-electron chi connectivity index (χ2n) is 5.97. The molecule has 0 aliphatic heterocycles. The highest BCUT2D eigenvalue weighted by molar-refractivity contribution is 6.42. The summed E-state index contributed by atoms with van der Waals surface area (Å²) in [6, 6.07) is 18.9. The molecule has 4 aromatic rings. The third kappa shape index (κ3) is 3.60. The minimum absolute atomic E-state index is 0.0127. The first-order valence-corrected chi connectivity index (χ1v) is 9.00. The standard InChI is InChI=1S/C20H12Cl2N4O2/c21-16-10-7-13(11-17(16)22)23-20-15-3-1-2-4-18(15)24-19(25-20)12-5-8-14(9-6-12)26(27)28/h1-11H,(H,23,24,25). The van der Waals surface area contributed by atoms with Crippen LogP contribution in [0, 0.1) is 10.1 Å². The average molecular weight is 411 g/mol. The van der Waals surface area contributed by atoms with E-state index in [1.54, 1.807) is 30.3 Å². The molecule has 6 nitrogen and oxygen atoms in total. The van der Waals surface area contributed by atoms with Crippen LogP contribution in [0.15, 0.2) is 66.7 Å². The Bertz CT molecular complexity index is 1200. The lowest BCUT2D eigenvalue weighted by molar-refractivity contribution is -0.384. The zero-order valence-corrected chi connectivity index (χ0v) is 15.8. The van der Waals surface area contributed by atoms with Gasteiger partial charge in [0.1, 0.15) is 5.82 Å². The molecule has 0 bridgehead atoms. The Kier molecular flexibility index (Phi) is 4.81. The van der Waals surface area contributed by atoms with Crippen LogP contribution in [0.25, 0.3) is 22.3 Å². The molecule has 1 aromatic heterocycles. The third-order valence-electron chi connectivity index (χ3n) is 4.12. The maximum atomic E-state index is 10.9. The zero-order valence-electron chi connectivity index (χ0n) is 14.3. The smallest absolute Gasteiger partial charge is 0.269 e. The van der Waals surface area contributed by atoms with Gasteiger partial charge in [-0.2, -0.15) is 0 Å². The highest BCUT2D eigenvalue weighted by atomic mass is 35.5. The normalized spacial score (nSPS) is 10.8. The van der Waals surface area contributed by atoms with Gasteiger partial charge in [-0.15, -0.1) is 0 Å². The second kappa shape index (κ2) is 7.42. The molecule has 138 valence electrons. The molecule has 8 heteroatoms. The number of nitro groups is 1. The zero-order chi connectivity index (χ0) is 19.7. The van der Waals surface area contributed by atoms with Crippen molar-refractivity contribution >= 4 is 51.3 Å². The fourth-order valence-electron chi connectivity index (χ4n) is 2.74. The molecule has 0 aliphatic carbocycles. The molecule has 1 heterocycles. The second-order valence-corrected chi connectivity index (χ2v) is 6.79. The summed E-state index contributed by atoms with van der Waals surface area (Å²) in [6.07, 6.45) is 0. The number of anilines is 2. The predicted octanol–water partition coefficient (Wildman–Crippen LogP) is 6.26. The molecule has 0 radical (unpaired) electrons. The van der Waals surface area contributed by atoms with Gasteiger partial charge in [0.15, 0.2) is 5.82 Å². The third-order valence-corrected chi connectivity index (χ3v) is 4.86. The number of para-hydroxylation sites is 1. The molecule has 3 aromatic carbocycles. The fourth-order valence-corrected chi connectivity index (χ4v) is 3.04. The topological polar surface area (TPSA) is 81.0 Å². The van der Waals surface area contributed by atoms with Crippen molar-refractivity contribution in [1.29, 1.82) is 0 Å². The van der Waals surface area contributed by atoms with E-state index in [4.69, 9.17) is 23.2 Å². The molecule has 28 heavy (non-hydrogen) atoms. The van der Waals surface area contributed by atoms with E-state index in [2.05, 4.69) is 15.3 Å². The summed E-state index contributed by atoms with van der Waals surface area (Å²) in [5.74, 6) is 1.05. The first-order valence-electron chi connectivity index (χ1n) is 8.25. The van der Waals surface area contributed by atoms with Gasteiger partial charge < -0.3 is 5.32 Å². The Labute approximate surface area is 169 Å². The van der Waals surface area contributed by atoms with Gasteiger partial charge in [0.2, 0.25) is 0 Å². The van der Waals surface area contributed by atoms with E-state index < -0.39 is 4.92 Å². The minimum atomic E-state index is -0.442. The van der Waals surface area contributed by atoms with Crippen molar-refractivity contribution in [3.8, 4) is 11.4 Å². The Balaban J connectivity index is 1.80. The van der Waals surface area contributed by atoms with Crippen LogP contribution in [0.3, 0.4) is 0 Å². The Morgan fingerprint density at radius 2 is 1.64 bits per heavy atom. The van der Waals surface area contributed by atoms with E-state index >= 15 is 0 Å². The number of aromatic nitrogens is 2. The lowest BCUT2D eigenvalue weighted by Gasteiger charge is -2.11. The Morgan fingerprint density at radius 1 is 0.893 bits per heavy atom. The Hall–Kier alpha value is -3.22. The molecule has 0 fully saturated rings. The van der Waals surface area contributed by atoms with Crippen molar-refractivity contribution < 1.29 is 4.92 Å². The molecule has 0 unspecified atom stereocenters. The van der Waals surface area contributed by atoms with Crippen molar-refractivity contribution in [2.45, 2.75) is 0 Å². The van der Waals surface area contributed by atoms with Gasteiger partial charge in [-0.25, -0.2) is 9.97 Å². The van der Waals surface area contributed by atoms with Crippen LogP contribution in [0.4, 0.5) is 17.2 Å². The van der Waals surface area contributed by atoms with Crippen molar-refractivity contribution in [3.63, 3.8) is 0 Å². The molecule has 0 spiro atoms. The first-order chi connectivity index (χ1) is 13.5. The molecule has 0 amide bonds. The molecular weight excluding hydrogens is 399 g/mol. The molecule has 4 rings (SSSR count). The monoisotopic (exact) mass is 410 g/mol. The average Bonchev–Trinajstić information content (AvgIpc) is 2.71. The van der Waals surface area contributed by atoms with E-state index in [0.29, 0.717) is 27.3 Å². The van der Waals surface area contributed by atoms with E-state index in [0.717, 1.165) is 16.6 Å². The summed E-state index contributed by atoms with van der Waals surface area (Å²) in [6.45, 7) is 0. The van der Waals surface area contributed by atoms with Gasteiger partial charge in [-0.3, -0.25) is 10.1 Å². The number of benzene rings is 3. The van der Waals surface area contributed by atoms with E-state index in [-0.39, 0.29) is 5.69 Å². The summed E-state index contributed by atoms with van der Waals surface area (Å²) in [5, 5.41) is 15.9. The first kappa shape index (κ1) is 18.2. The lowest BCUT2D eigenvalue weighted by atomic mass is 10.1. The van der Waals surface area contributed by atoms with Gasteiger partial charge in [-0.1, -0.05) is 35.3 Å². The summed E-state index contributed by atoms with van der Waals surface area (Å²) >= 11 is 12.1.